The molecular weight excluding hydrogens is 604 g/mol. The number of aliphatic hydroxyl groups is 1. The Bertz CT molecular complexity index is 1160. The minimum Gasteiger partial charge on any atom is -0.481 e. The number of hydrogen-bond acceptors (Lipinski definition) is 6. The summed E-state index contributed by atoms with van der Waals surface area (Å²) in [5.74, 6) is -1.14. The van der Waals surface area contributed by atoms with Crippen LogP contribution in [0.1, 0.15) is 145 Å². The second kappa shape index (κ2) is 22.8. The Morgan fingerprint density at radius 2 is 1.27 bits per heavy atom. The van der Waals surface area contributed by atoms with Gasteiger partial charge in [0.25, 0.3) is 0 Å². The number of ether oxygens (including phenoxy) is 2. The van der Waals surface area contributed by atoms with Gasteiger partial charge in [-0.05, 0) is 42.6 Å². The number of hydrogen-bond donors (Lipinski definition) is 3. The van der Waals surface area contributed by atoms with E-state index in [4.69, 9.17) is 14.6 Å². The molecule has 3 N–H and O–H groups in total. The van der Waals surface area contributed by atoms with Crippen molar-refractivity contribution in [2.24, 2.45) is 5.92 Å². The van der Waals surface area contributed by atoms with Crippen LogP contribution in [0.15, 0.2) is 48.5 Å². The Kier molecular flexibility index (Phi) is 18.8. The van der Waals surface area contributed by atoms with Crippen LogP contribution in [0.2, 0.25) is 0 Å². The van der Waals surface area contributed by atoms with E-state index in [1.54, 1.807) is 0 Å². The molecule has 1 aliphatic rings. The minimum absolute atomic E-state index is 0.00787. The monoisotopic (exact) mass is 666 g/mol. The minimum atomic E-state index is -0.981. The van der Waals surface area contributed by atoms with E-state index in [-0.39, 0.29) is 43.5 Å². The number of benzene rings is 2. The summed E-state index contributed by atoms with van der Waals surface area (Å²) in [5.41, 5.74) is 3.80. The summed E-state index contributed by atoms with van der Waals surface area (Å²) in [6.07, 6.45) is 14.4. The highest BCUT2D eigenvalue weighted by Crippen LogP contribution is 2.42. The number of rotatable bonds is 24. The van der Waals surface area contributed by atoms with Crippen LogP contribution >= 0.6 is 0 Å². The number of nitrogens with one attached hydrogen (secondary N) is 1. The number of aliphatic hydroxyl groups excluding tert-OH is 1. The van der Waals surface area contributed by atoms with Gasteiger partial charge in [0.15, 0.2) is 6.29 Å². The Morgan fingerprint density at radius 3 is 1.83 bits per heavy atom. The van der Waals surface area contributed by atoms with Crippen molar-refractivity contribution in [1.29, 1.82) is 0 Å². The molecule has 1 saturated heterocycles. The average Bonchev–Trinajstić information content (AvgIpc) is 3.10. The number of aliphatic carboxylic acids is 1. The van der Waals surface area contributed by atoms with Crippen molar-refractivity contribution in [2.75, 3.05) is 19.6 Å². The molecule has 8 nitrogen and oxygen atoms in total. The Hall–Kier alpha value is -2.78. The molecule has 2 aromatic carbocycles. The molecule has 268 valence electrons. The summed E-state index contributed by atoms with van der Waals surface area (Å²) < 4.78 is 13.5. The van der Waals surface area contributed by atoms with Gasteiger partial charge in [0.1, 0.15) is 0 Å². The highest BCUT2D eigenvalue weighted by Gasteiger charge is 2.39. The van der Waals surface area contributed by atoms with Gasteiger partial charge in [0, 0.05) is 31.0 Å². The van der Waals surface area contributed by atoms with Gasteiger partial charge in [0.2, 0.25) is 5.91 Å². The number of amides is 1. The first kappa shape index (κ1) is 39.7. The quantitative estimate of drug-likeness (QED) is 0.0965. The fraction of sp³-hybridized carbons (Fsp3) is 0.650. The zero-order valence-electron chi connectivity index (χ0n) is 29.8. The lowest BCUT2D eigenvalue weighted by Gasteiger charge is -2.43. The van der Waals surface area contributed by atoms with Gasteiger partial charge in [-0.1, -0.05) is 134 Å². The van der Waals surface area contributed by atoms with Gasteiger partial charge in [-0.3, -0.25) is 9.59 Å². The molecule has 0 aromatic heterocycles. The predicted molar refractivity (Wildman–Crippen MR) is 191 cm³/mol. The van der Waals surface area contributed by atoms with Gasteiger partial charge in [-0.25, -0.2) is 0 Å². The first-order chi connectivity index (χ1) is 23.3. The molecular formula is C40H62N2O6. The molecule has 0 unspecified atom stereocenters. The normalized spacial score (nSPS) is 19.4. The smallest absolute Gasteiger partial charge is 0.303 e. The Morgan fingerprint density at radius 1 is 0.729 bits per heavy atom. The van der Waals surface area contributed by atoms with Crippen molar-refractivity contribution < 1.29 is 29.3 Å². The van der Waals surface area contributed by atoms with Gasteiger partial charge < -0.3 is 29.9 Å². The van der Waals surface area contributed by atoms with Crippen molar-refractivity contribution in [3.05, 3.63) is 70.8 Å². The van der Waals surface area contributed by atoms with Crippen molar-refractivity contribution in [2.45, 2.75) is 142 Å². The maximum Gasteiger partial charge on any atom is 0.303 e. The van der Waals surface area contributed by atoms with Crippen LogP contribution in [-0.4, -0.2) is 52.7 Å². The predicted octanol–water partition coefficient (Wildman–Crippen LogP) is 8.47. The van der Waals surface area contributed by atoms with E-state index in [1.807, 2.05) is 36.4 Å². The molecule has 3 rings (SSSR count). The van der Waals surface area contributed by atoms with Crippen LogP contribution < -0.4 is 5.32 Å². The van der Waals surface area contributed by atoms with Crippen LogP contribution in [0.5, 0.6) is 0 Å². The second-order valence-corrected chi connectivity index (χ2v) is 13.6. The number of carbonyl (C=O) groups is 2. The van der Waals surface area contributed by atoms with Gasteiger partial charge in [0.05, 0.1) is 25.2 Å². The SMILES string of the molecule is CCCCCCCCN(CCCCCCCC)C[C@@H]1O[C@H](c2ccc(CNC(=O)CCC(=O)O)cc2)O[C@H](c2ccc(CO)cc2)[C@@H]1C. The van der Waals surface area contributed by atoms with Crippen molar-refractivity contribution >= 4 is 11.9 Å². The van der Waals surface area contributed by atoms with E-state index in [0.29, 0.717) is 6.54 Å². The third-order valence-electron chi connectivity index (χ3n) is 9.52. The Balaban J connectivity index is 1.73. The summed E-state index contributed by atoms with van der Waals surface area (Å²) in [6.45, 7) is 10.1. The number of carboxylic acid groups (broad SMARTS) is 1. The van der Waals surface area contributed by atoms with Crippen molar-refractivity contribution in [3.8, 4) is 0 Å². The van der Waals surface area contributed by atoms with Crippen LogP contribution in [0.4, 0.5) is 0 Å². The van der Waals surface area contributed by atoms with E-state index < -0.39 is 12.3 Å². The Labute approximate surface area is 289 Å². The standard InChI is InChI=1S/C40H62N2O6/c1-4-6-8-10-12-14-26-42(27-15-13-11-9-7-5-2)29-36-31(3)39(34-20-18-33(30-43)19-21-34)48-40(47-36)35-22-16-32(17-23-35)28-41-37(44)24-25-38(45)46/h16-23,31,36,39-40,43H,4-15,24-30H2,1-3H3,(H,41,44)(H,45,46)/t31-,36+,39+,40+/m1/s1. The topological polar surface area (TPSA) is 108 Å². The van der Waals surface area contributed by atoms with Crippen molar-refractivity contribution in [1.82, 2.24) is 10.2 Å². The molecule has 48 heavy (non-hydrogen) atoms. The van der Waals surface area contributed by atoms with E-state index in [9.17, 15) is 14.7 Å². The molecule has 0 radical (unpaired) electrons. The molecule has 4 atom stereocenters. The average molecular weight is 667 g/mol. The number of carbonyl (C=O) groups excluding carboxylic acids is 1. The summed E-state index contributed by atoms with van der Waals surface area (Å²) in [5, 5.41) is 21.3. The van der Waals surface area contributed by atoms with E-state index in [1.165, 1.54) is 77.0 Å². The zero-order valence-corrected chi connectivity index (χ0v) is 29.8. The lowest BCUT2D eigenvalue weighted by atomic mass is 9.90. The molecule has 0 bridgehead atoms. The lowest BCUT2D eigenvalue weighted by Crippen LogP contribution is -2.45. The number of unbranched alkanes of at least 4 members (excludes halogenated alkanes) is 10. The molecule has 1 aliphatic heterocycles. The molecule has 1 amide bonds. The van der Waals surface area contributed by atoms with Gasteiger partial charge in [-0.2, -0.15) is 0 Å². The van der Waals surface area contributed by atoms with Crippen LogP contribution in [0.3, 0.4) is 0 Å². The molecule has 0 spiro atoms. The molecule has 8 heteroatoms. The number of nitrogens with zero attached hydrogens (tertiary/aromatic N) is 1. The summed E-state index contributed by atoms with van der Waals surface area (Å²) in [7, 11) is 0. The summed E-state index contributed by atoms with van der Waals surface area (Å²) >= 11 is 0. The molecule has 1 fully saturated rings. The number of carboxylic acids is 1. The fourth-order valence-corrected chi connectivity index (χ4v) is 6.41. The van der Waals surface area contributed by atoms with E-state index >= 15 is 0 Å². The van der Waals surface area contributed by atoms with Crippen LogP contribution in [0.25, 0.3) is 0 Å². The van der Waals surface area contributed by atoms with Crippen molar-refractivity contribution in [3.63, 3.8) is 0 Å². The summed E-state index contributed by atoms with van der Waals surface area (Å²) in [6, 6.07) is 16.0. The third kappa shape index (κ3) is 14.4. The molecule has 2 aromatic rings. The highest BCUT2D eigenvalue weighted by molar-refractivity contribution is 5.80. The highest BCUT2D eigenvalue weighted by atomic mass is 16.7. The molecule has 1 heterocycles. The summed E-state index contributed by atoms with van der Waals surface area (Å²) in [4.78, 5) is 25.4. The molecule has 0 aliphatic carbocycles. The van der Waals surface area contributed by atoms with Crippen LogP contribution in [-0.2, 0) is 32.2 Å². The van der Waals surface area contributed by atoms with E-state index in [2.05, 4.69) is 43.1 Å². The maximum absolute atomic E-state index is 12.0. The largest absolute Gasteiger partial charge is 0.481 e. The third-order valence-corrected chi connectivity index (χ3v) is 9.52. The maximum atomic E-state index is 12.0. The first-order valence-electron chi connectivity index (χ1n) is 18.6. The fourth-order valence-electron chi connectivity index (χ4n) is 6.41. The van der Waals surface area contributed by atoms with Gasteiger partial charge >= 0.3 is 5.97 Å². The molecule has 0 saturated carbocycles. The van der Waals surface area contributed by atoms with Gasteiger partial charge in [-0.15, -0.1) is 0 Å². The van der Waals surface area contributed by atoms with Crippen LogP contribution in [0, 0.1) is 5.92 Å². The zero-order chi connectivity index (χ0) is 34.6. The first-order valence-corrected chi connectivity index (χ1v) is 18.6. The second-order valence-electron chi connectivity index (χ2n) is 13.6. The van der Waals surface area contributed by atoms with E-state index in [0.717, 1.165) is 41.9 Å². The lowest BCUT2D eigenvalue weighted by molar-refractivity contribution is -0.276.